The van der Waals surface area contributed by atoms with Crippen molar-refractivity contribution >= 4 is 0 Å². The van der Waals surface area contributed by atoms with Gasteiger partial charge in [0.25, 0.3) is 0 Å². The molecule has 1 saturated carbocycles. The average Bonchev–Trinajstić information content (AvgIpc) is 2.84. The summed E-state index contributed by atoms with van der Waals surface area (Å²) in [6, 6.07) is 0. The standard InChI is InChI=1S/C13H23N3/c1-11(2)9-16-10-14-15-13(16)8-7-12-5-3-4-6-12/h10-12H,3-9H2,1-2H3. The molecule has 1 aromatic rings. The van der Waals surface area contributed by atoms with Crippen LogP contribution in [0.4, 0.5) is 0 Å². The number of rotatable bonds is 5. The Morgan fingerprint density at radius 3 is 2.81 bits per heavy atom. The van der Waals surface area contributed by atoms with Crippen LogP contribution in [0.15, 0.2) is 6.33 Å². The van der Waals surface area contributed by atoms with Crippen molar-refractivity contribution < 1.29 is 0 Å². The number of hydrogen-bond donors (Lipinski definition) is 0. The van der Waals surface area contributed by atoms with E-state index in [0.29, 0.717) is 5.92 Å². The molecule has 0 saturated heterocycles. The van der Waals surface area contributed by atoms with E-state index in [-0.39, 0.29) is 0 Å². The number of aromatic nitrogens is 3. The Labute approximate surface area is 98.3 Å². The van der Waals surface area contributed by atoms with Crippen molar-refractivity contribution in [2.75, 3.05) is 0 Å². The largest absolute Gasteiger partial charge is 0.317 e. The van der Waals surface area contributed by atoms with Crippen molar-refractivity contribution in [3.63, 3.8) is 0 Å². The number of nitrogens with zero attached hydrogens (tertiary/aromatic N) is 3. The molecule has 0 N–H and O–H groups in total. The summed E-state index contributed by atoms with van der Waals surface area (Å²) in [5, 5.41) is 8.28. The van der Waals surface area contributed by atoms with E-state index in [2.05, 4.69) is 28.6 Å². The van der Waals surface area contributed by atoms with Crippen LogP contribution in [0.1, 0.15) is 51.8 Å². The number of hydrogen-bond acceptors (Lipinski definition) is 2. The van der Waals surface area contributed by atoms with Crippen LogP contribution < -0.4 is 0 Å². The Kier molecular flexibility index (Phi) is 3.97. The minimum absolute atomic E-state index is 0.668. The summed E-state index contributed by atoms with van der Waals surface area (Å²) >= 11 is 0. The molecule has 1 heterocycles. The molecule has 1 fully saturated rings. The van der Waals surface area contributed by atoms with Crippen LogP contribution in [0.2, 0.25) is 0 Å². The highest BCUT2D eigenvalue weighted by atomic mass is 15.3. The SMILES string of the molecule is CC(C)Cn1cnnc1CCC1CCCC1. The van der Waals surface area contributed by atoms with Gasteiger partial charge >= 0.3 is 0 Å². The molecule has 0 amide bonds. The highest BCUT2D eigenvalue weighted by Crippen LogP contribution is 2.28. The molecule has 0 unspecified atom stereocenters. The van der Waals surface area contributed by atoms with E-state index in [1.54, 1.807) is 0 Å². The minimum atomic E-state index is 0.668. The lowest BCUT2D eigenvalue weighted by atomic mass is 10.0. The van der Waals surface area contributed by atoms with E-state index in [1.807, 2.05) is 6.33 Å². The molecule has 0 radical (unpaired) electrons. The summed E-state index contributed by atoms with van der Waals surface area (Å²) in [6.45, 7) is 5.52. The van der Waals surface area contributed by atoms with Gasteiger partial charge in [0.05, 0.1) is 0 Å². The third-order valence-corrected chi connectivity index (χ3v) is 3.51. The second-order valence-electron chi connectivity index (χ2n) is 5.48. The van der Waals surface area contributed by atoms with E-state index in [4.69, 9.17) is 0 Å². The summed E-state index contributed by atoms with van der Waals surface area (Å²) < 4.78 is 2.22. The Balaban J connectivity index is 1.85. The lowest BCUT2D eigenvalue weighted by Gasteiger charge is -2.11. The zero-order chi connectivity index (χ0) is 11.4. The van der Waals surface area contributed by atoms with Gasteiger partial charge in [0.15, 0.2) is 0 Å². The van der Waals surface area contributed by atoms with Gasteiger partial charge in [-0.3, -0.25) is 0 Å². The van der Waals surface area contributed by atoms with Crippen LogP contribution in [0, 0.1) is 11.8 Å². The molecule has 3 heteroatoms. The normalized spacial score (nSPS) is 17.4. The highest BCUT2D eigenvalue weighted by molar-refractivity contribution is 4.87. The molecule has 0 atom stereocenters. The van der Waals surface area contributed by atoms with Crippen molar-refractivity contribution in [3.05, 3.63) is 12.2 Å². The molecule has 1 aliphatic carbocycles. The van der Waals surface area contributed by atoms with Gasteiger partial charge in [-0.15, -0.1) is 10.2 Å². The molecule has 0 aromatic carbocycles. The average molecular weight is 221 g/mol. The molecule has 2 rings (SSSR count). The second-order valence-corrected chi connectivity index (χ2v) is 5.48. The molecule has 0 spiro atoms. The fourth-order valence-corrected chi connectivity index (χ4v) is 2.65. The van der Waals surface area contributed by atoms with Gasteiger partial charge in [-0.1, -0.05) is 39.5 Å². The third-order valence-electron chi connectivity index (χ3n) is 3.51. The Morgan fingerprint density at radius 1 is 1.38 bits per heavy atom. The maximum Gasteiger partial charge on any atom is 0.132 e. The second kappa shape index (κ2) is 5.46. The molecule has 0 aliphatic heterocycles. The number of aryl methyl sites for hydroxylation is 1. The predicted octanol–water partition coefficient (Wildman–Crippen LogP) is 3.06. The molecule has 1 aromatic heterocycles. The molecule has 90 valence electrons. The Morgan fingerprint density at radius 2 is 2.12 bits per heavy atom. The lowest BCUT2D eigenvalue weighted by molar-refractivity contribution is 0.467. The Bertz CT molecular complexity index is 311. The summed E-state index contributed by atoms with van der Waals surface area (Å²) in [5.41, 5.74) is 0. The monoisotopic (exact) mass is 221 g/mol. The minimum Gasteiger partial charge on any atom is -0.317 e. The zero-order valence-electron chi connectivity index (χ0n) is 10.5. The van der Waals surface area contributed by atoms with Crippen LogP contribution in [-0.4, -0.2) is 14.8 Å². The lowest BCUT2D eigenvalue weighted by Crippen LogP contribution is -2.09. The Hall–Kier alpha value is -0.860. The van der Waals surface area contributed by atoms with E-state index in [9.17, 15) is 0 Å². The molecular weight excluding hydrogens is 198 g/mol. The summed E-state index contributed by atoms with van der Waals surface area (Å²) in [6.07, 6.45) is 10.0. The van der Waals surface area contributed by atoms with Crippen molar-refractivity contribution in [2.24, 2.45) is 11.8 Å². The van der Waals surface area contributed by atoms with Crippen LogP contribution in [0.3, 0.4) is 0 Å². The van der Waals surface area contributed by atoms with Gasteiger partial charge in [-0.25, -0.2) is 0 Å². The maximum absolute atomic E-state index is 4.24. The van der Waals surface area contributed by atoms with Crippen LogP contribution in [0.25, 0.3) is 0 Å². The van der Waals surface area contributed by atoms with Gasteiger partial charge < -0.3 is 4.57 Å². The van der Waals surface area contributed by atoms with Crippen molar-refractivity contribution in [3.8, 4) is 0 Å². The molecule has 16 heavy (non-hydrogen) atoms. The quantitative estimate of drug-likeness (QED) is 0.765. The van der Waals surface area contributed by atoms with Crippen LogP contribution >= 0.6 is 0 Å². The van der Waals surface area contributed by atoms with E-state index in [1.165, 1.54) is 37.9 Å². The van der Waals surface area contributed by atoms with Crippen molar-refractivity contribution in [1.82, 2.24) is 14.8 Å². The highest BCUT2D eigenvalue weighted by Gasteiger charge is 2.16. The van der Waals surface area contributed by atoms with Gasteiger partial charge in [0, 0.05) is 13.0 Å². The first kappa shape index (κ1) is 11.6. The maximum atomic E-state index is 4.24. The topological polar surface area (TPSA) is 30.7 Å². The van der Waals surface area contributed by atoms with Gasteiger partial charge in [-0.2, -0.15) is 0 Å². The first-order chi connectivity index (χ1) is 7.75. The molecule has 3 nitrogen and oxygen atoms in total. The fraction of sp³-hybridized carbons (Fsp3) is 0.846. The predicted molar refractivity (Wildman–Crippen MR) is 65.1 cm³/mol. The molecule has 0 bridgehead atoms. The third kappa shape index (κ3) is 3.06. The molecular formula is C13H23N3. The summed E-state index contributed by atoms with van der Waals surface area (Å²) in [7, 11) is 0. The summed E-state index contributed by atoms with van der Waals surface area (Å²) in [4.78, 5) is 0. The van der Waals surface area contributed by atoms with Crippen molar-refractivity contribution in [1.29, 1.82) is 0 Å². The van der Waals surface area contributed by atoms with E-state index >= 15 is 0 Å². The van der Waals surface area contributed by atoms with Gasteiger partial charge in [-0.05, 0) is 18.3 Å². The first-order valence-corrected chi connectivity index (χ1v) is 6.62. The smallest absolute Gasteiger partial charge is 0.132 e. The van der Waals surface area contributed by atoms with Gasteiger partial charge in [0.1, 0.15) is 12.2 Å². The van der Waals surface area contributed by atoms with E-state index in [0.717, 1.165) is 18.9 Å². The van der Waals surface area contributed by atoms with Gasteiger partial charge in [0.2, 0.25) is 0 Å². The summed E-state index contributed by atoms with van der Waals surface area (Å²) in [5.74, 6) is 2.80. The zero-order valence-corrected chi connectivity index (χ0v) is 10.5. The van der Waals surface area contributed by atoms with Crippen LogP contribution in [-0.2, 0) is 13.0 Å². The van der Waals surface area contributed by atoms with Crippen LogP contribution in [0.5, 0.6) is 0 Å². The van der Waals surface area contributed by atoms with E-state index < -0.39 is 0 Å². The fourth-order valence-electron chi connectivity index (χ4n) is 2.65. The first-order valence-electron chi connectivity index (χ1n) is 6.62. The van der Waals surface area contributed by atoms with Crippen molar-refractivity contribution in [2.45, 2.75) is 58.9 Å². The molecule has 1 aliphatic rings.